The van der Waals surface area contributed by atoms with Crippen molar-refractivity contribution in [3.63, 3.8) is 0 Å². The quantitative estimate of drug-likeness (QED) is 0.179. The molecule has 6 rings (SSSR count). The molecule has 0 aromatic heterocycles. The number of guanidine groups is 2. The van der Waals surface area contributed by atoms with Gasteiger partial charge < -0.3 is 42.0 Å². The average molecular weight is 499 g/mol. The fraction of sp³-hybridized carbons (Fsp3) is 0.500. The van der Waals surface area contributed by atoms with E-state index in [1.54, 1.807) is 12.1 Å². The highest BCUT2D eigenvalue weighted by molar-refractivity contribution is 6.02. The van der Waals surface area contributed by atoms with Crippen LogP contribution in [-0.4, -0.2) is 98.9 Å². The van der Waals surface area contributed by atoms with E-state index in [0.29, 0.717) is 18.8 Å². The number of ether oxygens (including phenoxy) is 1. The van der Waals surface area contributed by atoms with Gasteiger partial charge in [-0.2, -0.15) is 0 Å². The number of aliphatic hydroxyl groups is 2. The first-order chi connectivity index (χ1) is 17.1. The van der Waals surface area contributed by atoms with E-state index in [4.69, 9.17) is 16.2 Å². The van der Waals surface area contributed by atoms with Crippen LogP contribution < -0.4 is 26.8 Å². The smallest absolute Gasteiger partial charge is 0.255 e. The van der Waals surface area contributed by atoms with Crippen LogP contribution in [0.3, 0.4) is 0 Å². The van der Waals surface area contributed by atoms with Gasteiger partial charge in [-0.05, 0) is 11.6 Å². The Morgan fingerprint density at radius 2 is 1.94 bits per heavy atom. The van der Waals surface area contributed by atoms with Crippen LogP contribution in [0.4, 0.5) is 0 Å². The van der Waals surface area contributed by atoms with Crippen molar-refractivity contribution in [2.24, 2.45) is 21.5 Å². The van der Waals surface area contributed by atoms with Crippen LogP contribution in [-0.2, 0) is 16.0 Å². The third-order valence-electron chi connectivity index (χ3n) is 7.59. The molecule has 14 heteroatoms. The maximum Gasteiger partial charge on any atom is 0.255 e. The first-order valence-electron chi connectivity index (χ1n) is 11.7. The zero-order valence-electron chi connectivity index (χ0n) is 19.2. The lowest BCUT2D eigenvalue weighted by molar-refractivity contribution is -0.230. The molecule has 5 aliphatic heterocycles. The predicted octanol–water partition coefficient (Wildman–Crippen LogP) is -3.45. The van der Waals surface area contributed by atoms with Gasteiger partial charge in [-0.15, -0.1) is 0 Å². The largest absolute Gasteiger partial charge is 0.492 e. The van der Waals surface area contributed by atoms with Crippen LogP contribution in [0.15, 0.2) is 28.2 Å². The lowest BCUT2D eigenvalue weighted by atomic mass is 9.84. The molecule has 2 fully saturated rings. The molecule has 8 N–H and O–H groups in total. The number of hydrogen-bond acceptors (Lipinski definition) is 12. The van der Waals surface area contributed by atoms with Crippen LogP contribution in [0.2, 0.25) is 0 Å². The molecular weight excluding hydrogens is 472 g/mol. The molecule has 1 aromatic rings. The standard InChI is InChI=1S/C22H26N8O6/c23-19-27-17-12(8-29-14(31)4-5-15(29)32)25-20(24)30-9-13(22(34,35)21(17,30)28-19)26-18(33)11-3-1-2-10-6-7-36-16(10)11/h1-3,12-13,17,34-35H,4-9H2,(H2,24,25)(H,26,33)(H3,23,27,28)/t12-,13-,17-,21-/m0/s1. The summed E-state index contributed by atoms with van der Waals surface area (Å²) < 4.78 is 5.61. The number of benzene rings is 1. The highest BCUT2D eigenvalue weighted by atomic mass is 16.5. The Morgan fingerprint density at radius 3 is 2.69 bits per heavy atom. The summed E-state index contributed by atoms with van der Waals surface area (Å²) in [6.07, 6.45) is 0.877. The number of nitrogens with two attached hydrogens (primary N) is 2. The molecule has 4 atom stereocenters. The average Bonchev–Trinajstić information content (AvgIpc) is 3.57. The minimum atomic E-state index is -2.63. The fourth-order valence-electron chi connectivity index (χ4n) is 5.88. The topological polar surface area (TPSA) is 208 Å². The molecule has 14 nitrogen and oxygen atoms in total. The number of rotatable bonds is 4. The Labute approximate surface area is 205 Å². The molecule has 0 aliphatic carbocycles. The predicted molar refractivity (Wildman–Crippen MR) is 123 cm³/mol. The van der Waals surface area contributed by atoms with Gasteiger partial charge in [0.05, 0.1) is 24.8 Å². The van der Waals surface area contributed by atoms with E-state index in [-0.39, 0.29) is 55.2 Å². The first kappa shape index (κ1) is 22.5. The number of hydrogen-bond donors (Lipinski definition) is 6. The van der Waals surface area contributed by atoms with Crippen LogP contribution >= 0.6 is 0 Å². The summed E-state index contributed by atoms with van der Waals surface area (Å²) in [5.41, 5.74) is 11.6. The molecule has 0 radical (unpaired) electrons. The number of fused-ring (bicyclic) bond motifs is 1. The maximum atomic E-state index is 13.2. The lowest BCUT2D eigenvalue weighted by Crippen LogP contribution is -2.78. The van der Waals surface area contributed by atoms with Crippen LogP contribution in [0.5, 0.6) is 5.75 Å². The van der Waals surface area contributed by atoms with Crippen molar-refractivity contribution in [1.29, 1.82) is 0 Å². The second-order valence-electron chi connectivity index (χ2n) is 9.56. The minimum Gasteiger partial charge on any atom is -0.492 e. The van der Waals surface area contributed by atoms with Crippen LogP contribution in [0, 0.1) is 0 Å². The van der Waals surface area contributed by atoms with Gasteiger partial charge in [0.25, 0.3) is 5.91 Å². The fourth-order valence-corrected chi connectivity index (χ4v) is 5.88. The number of nitrogens with zero attached hydrogens (tertiary/aromatic N) is 4. The second kappa shape index (κ2) is 7.54. The van der Waals surface area contributed by atoms with Crippen molar-refractivity contribution in [3.8, 4) is 5.75 Å². The third kappa shape index (κ3) is 2.94. The van der Waals surface area contributed by atoms with Crippen LogP contribution in [0.1, 0.15) is 28.8 Å². The van der Waals surface area contributed by atoms with Gasteiger partial charge in [-0.25, -0.2) is 9.98 Å². The van der Waals surface area contributed by atoms with Crippen molar-refractivity contribution < 1.29 is 29.3 Å². The van der Waals surface area contributed by atoms with E-state index >= 15 is 0 Å². The van der Waals surface area contributed by atoms with Crippen molar-refractivity contribution in [3.05, 3.63) is 29.3 Å². The van der Waals surface area contributed by atoms with E-state index in [9.17, 15) is 24.6 Å². The van der Waals surface area contributed by atoms with Gasteiger partial charge in [0.15, 0.2) is 17.6 Å². The van der Waals surface area contributed by atoms with Crippen molar-refractivity contribution in [2.45, 2.75) is 48.8 Å². The molecule has 0 saturated carbocycles. The van der Waals surface area contributed by atoms with Gasteiger partial charge in [0.1, 0.15) is 17.8 Å². The summed E-state index contributed by atoms with van der Waals surface area (Å²) in [5, 5.41) is 28.6. The van der Waals surface area contributed by atoms with Crippen molar-refractivity contribution in [2.75, 3.05) is 19.7 Å². The zero-order valence-corrected chi connectivity index (χ0v) is 19.2. The molecule has 2 saturated heterocycles. The summed E-state index contributed by atoms with van der Waals surface area (Å²) in [6.45, 7) is 0.199. The van der Waals surface area contributed by atoms with Gasteiger partial charge in [0, 0.05) is 25.8 Å². The zero-order chi connectivity index (χ0) is 25.4. The normalized spacial score (nSPS) is 31.8. The Kier molecular flexibility index (Phi) is 4.72. The molecular formula is C22H26N8O6. The second-order valence-corrected chi connectivity index (χ2v) is 9.56. The number of carbonyl (C=O) groups is 3. The third-order valence-corrected chi connectivity index (χ3v) is 7.59. The van der Waals surface area contributed by atoms with E-state index in [0.717, 1.165) is 10.5 Å². The molecule has 3 amide bonds. The molecule has 190 valence electrons. The molecule has 5 aliphatic rings. The number of nitrogens with one attached hydrogen (secondary N) is 2. The molecule has 1 aromatic carbocycles. The molecule has 0 bridgehead atoms. The highest BCUT2D eigenvalue weighted by Crippen LogP contribution is 2.45. The summed E-state index contributed by atoms with van der Waals surface area (Å²) in [6, 6.07) is 2.07. The Bertz CT molecular complexity index is 1230. The minimum absolute atomic E-state index is 0.0686. The first-order valence-corrected chi connectivity index (χ1v) is 11.7. The number of imide groups is 1. The van der Waals surface area contributed by atoms with E-state index in [1.165, 1.54) is 4.90 Å². The Hall–Kier alpha value is -3.91. The summed E-state index contributed by atoms with van der Waals surface area (Å²) in [7, 11) is 0. The van der Waals surface area contributed by atoms with Crippen LogP contribution in [0.25, 0.3) is 0 Å². The summed E-state index contributed by atoms with van der Waals surface area (Å²) in [4.78, 5) is 48.9. The van der Waals surface area contributed by atoms with Gasteiger partial charge in [-0.3, -0.25) is 19.3 Å². The number of para-hydroxylation sites is 1. The Morgan fingerprint density at radius 1 is 1.19 bits per heavy atom. The summed E-state index contributed by atoms with van der Waals surface area (Å²) in [5.74, 6) is -3.56. The van der Waals surface area contributed by atoms with Crippen molar-refractivity contribution in [1.82, 2.24) is 20.4 Å². The number of aliphatic imine (C=N–C) groups is 2. The highest BCUT2D eigenvalue weighted by Gasteiger charge is 2.73. The molecule has 1 spiro atoms. The molecule has 0 unspecified atom stereocenters. The number of likely N-dealkylation sites (tertiary alicyclic amines) is 1. The SMILES string of the molecule is NC1=N[C@H]2[C@H](CN3C(=O)CCC3=O)N=C(N)N3C[C@H](NC(=O)c4cccc5c4OCC5)C(O)(O)[C@]23N1. The van der Waals surface area contributed by atoms with Gasteiger partial charge in [0.2, 0.25) is 17.6 Å². The van der Waals surface area contributed by atoms with E-state index in [2.05, 4.69) is 20.6 Å². The van der Waals surface area contributed by atoms with Crippen molar-refractivity contribution >= 4 is 29.6 Å². The number of carbonyl (C=O) groups excluding carboxylic acids is 3. The van der Waals surface area contributed by atoms with E-state index < -0.39 is 35.5 Å². The maximum absolute atomic E-state index is 13.2. The van der Waals surface area contributed by atoms with E-state index in [1.807, 2.05) is 6.07 Å². The summed E-state index contributed by atoms with van der Waals surface area (Å²) >= 11 is 0. The Balaban J connectivity index is 1.32. The van der Waals surface area contributed by atoms with Gasteiger partial charge in [-0.1, -0.05) is 12.1 Å². The molecule has 36 heavy (non-hydrogen) atoms. The molecule has 5 heterocycles. The monoisotopic (exact) mass is 498 g/mol. The number of amides is 3. The lowest BCUT2D eigenvalue weighted by Gasteiger charge is -2.49. The van der Waals surface area contributed by atoms with Gasteiger partial charge >= 0.3 is 0 Å².